The van der Waals surface area contributed by atoms with Crippen molar-refractivity contribution < 1.29 is 18.0 Å². The monoisotopic (exact) mass is 270 g/mol. The molecular formula is C13H13F3N2O. The van der Waals surface area contributed by atoms with Gasteiger partial charge in [0.1, 0.15) is 0 Å². The average Bonchev–Trinajstić information content (AvgIpc) is 2.84. The summed E-state index contributed by atoms with van der Waals surface area (Å²) in [5, 5.41) is 0. The molecule has 19 heavy (non-hydrogen) atoms. The van der Waals surface area contributed by atoms with Gasteiger partial charge in [-0.1, -0.05) is 12.1 Å². The summed E-state index contributed by atoms with van der Waals surface area (Å²) in [6.07, 6.45) is -4.32. The number of hydrogen-bond donors (Lipinski definition) is 1. The van der Waals surface area contributed by atoms with Crippen LogP contribution in [0.25, 0.3) is 0 Å². The van der Waals surface area contributed by atoms with E-state index in [1.54, 1.807) is 4.90 Å². The van der Waals surface area contributed by atoms with Crippen LogP contribution in [0.4, 0.5) is 13.2 Å². The van der Waals surface area contributed by atoms with Gasteiger partial charge in [-0.05, 0) is 17.7 Å². The van der Waals surface area contributed by atoms with E-state index in [0.717, 1.165) is 12.1 Å². The highest BCUT2D eigenvalue weighted by atomic mass is 19.4. The van der Waals surface area contributed by atoms with Crippen LogP contribution < -0.4 is 5.73 Å². The van der Waals surface area contributed by atoms with E-state index in [2.05, 4.69) is 0 Å². The molecule has 1 aromatic rings. The third kappa shape index (κ3) is 2.10. The molecule has 3 atom stereocenters. The molecule has 0 radical (unpaired) electrons. The number of piperidine rings is 1. The van der Waals surface area contributed by atoms with Gasteiger partial charge in [0.05, 0.1) is 11.5 Å². The van der Waals surface area contributed by atoms with Gasteiger partial charge in [0.15, 0.2) is 0 Å². The molecular weight excluding hydrogens is 257 g/mol. The standard InChI is InChI=1S/C13H13F3N2O/c14-13(15,16)8-3-1-7(2-4-8)5-18-6-9-10(11(9)17)12(18)19/h1-4,9-11H,5-6,17H2. The molecule has 3 nitrogen and oxygen atoms in total. The van der Waals surface area contributed by atoms with Gasteiger partial charge in [0.2, 0.25) is 5.91 Å². The highest BCUT2D eigenvalue weighted by Gasteiger charge is 2.59. The number of rotatable bonds is 2. The average molecular weight is 270 g/mol. The summed E-state index contributed by atoms with van der Waals surface area (Å²) in [5.41, 5.74) is 5.75. The second-order valence-electron chi connectivity index (χ2n) is 5.18. The topological polar surface area (TPSA) is 46.3 Å². The molecule has 3 unspecified atom stereocenters. The van der Waals surface area contributed by atoms with E-state index in [1.165, 1.54) is 12.1 Å². The smallest absolute Gasteiger partial charge is 0.338 e. The lowest BCUT2D eigenvalue weighted by Crippen LogP contribution is -2.32. The van der Waals surface area contributed by atoms with Gasteiger partial charge in [-0.3, -0.25) is 4.79 Å². The molecule has 1 saturated heterocycles. The molecule has 2 aliphatic rings. The van der Waals surface area contributed by atoms with Crippen LogP contribution in [0.15, 0.2) is 24.3 Å². The Kier molecular flexibility index (Phi) is 2.60. The molecule has 0 bridgehead atoms. The Morgan fingerprint density at radius 3 is 2.37 bits per heavy atom. The lowest BCUT2D eigenvalue weighted by atomic mass is 10.1. The minimum absolute atomic E-state index is 0.0173. The van der Waals surface area contributed by atoms with Crippen molar-refractivity contribution in [2.45, 2.75) is 18.8 Å². The summed E-state index contributed by atoms with van der Waals surface area (Å²) in [4.78, 5) is 13.5. The zero-order valence-electron chi connectivity index (χ0n) is 10.0. The Morgan fingerprint density at radius 2 is 1.89 bits per heavy atom. The summed E-state index contributed by atoms with van der Waals surface area (Å²) in [6.45, 7) is 0.975. The predicted octanol–water partition coefficient (Wildman–Crippen LogP) is 1.62. The van der Waals surface area contributed by atoms with Crippen molar-refractivity contribution in [3.8, 4) is 0 Å². The number of halogens is 3. The fraction of sp³-hybridized carbons (Fsp3) is 0.462. The highest BCUT2D eigenvalue weighted by molar-refractivity contribution is 5.86. The van der Waals surface area contributed by atoms with Gasteiger partial charge in [-0.15, -0.1) is 0 Å². The van der Waals surface area contributed by atoms with Gasteiger partial charge in [-0.25, -0.2) is 0 Å². The first-order chi connectivity index (χ1) is 8.88. The Bertz CT molecular complexity index is 512. The Hall–Kier alpha value is -1.56. The van der Waals surface area contributed by atoms with Crippen molar-refractivity contribution in [1.82, 2.24) is 4.90 Å². The normalized spacial score (nSPS) is 29.6. The van der Waals surface area contributed by atoms with Crippen LogP contribution in [-0.4, -0.2) is 23.4 Å². The van der Waals surface area contributed by atoms with E-state index in [1.807, 2.05) is 0 Å². The van der Waals surface area contributed by atoms with Gasteiger partial charge in [-0.2, -0.15) is 13.2 Å². The van der Waals surface area contributed by atoms with Crippen LogP contribution in [0.1, 0.15) is 11.1 Å². The molecule has 0 aromatic heterocycles. The van der Waals surface area contributed by atoms with Gasteiger partial charge in [0, 0.05) is 25.0 Å². The number of likely N-dealkylation sites (tertiary alicyclic amines) is 1. The molecule has 1 heterocycles. The van der Waals surface area contributed by atoms with Crippen LogP contribution in [-0.2, 0) is 17.5 Å². The fourth-order valence-corrected chi connectivity index (χ4v) is 2.70. The zero-order valence-corrected chi connectivity index (χ0v) is 10.0. The third-order valence-electron chi connectivity index (χ3n) is 3.91. The molecule has 1 aromatic carbocycles. The third-order valence-corrected chi connectivity index (χ3v) is 3.91. The van der Waals surface area contributed by atoms with Gasteiger partial charge >= 0.3 is 6.18 Å². The lowest BCUT2D eigenvalue weighted by molar-refractivity contribution is -0.137. The molecule has 2 N–H and O–H groups in total. The number of alkyl halides is 3. The minimum Gasteiger partial charge on any atom is -0.338 e. The molecule has 2 fully saturated rings. The highest BCUT2D eigenvalue weighted by Crippen LogP contribution is 2.45. The van der Waals surface area contributed by atoms with E-state index in [9.17, 15) is 18.0 Å². The Balaban J connectivity index is 1.67. The summed E-state index contributed by atoms with van der Waals surface area (Å²) in [5.74, 6) is 0.203. The van der Waals surface area contributed by atoms with Crippen molar-refractivity contribution in [2.75, 3.05) is 6.54 Å². The molecule has 6 heteroatoms. The van der Waals surface area contributed by atoms with Crippen LogP contribution >= 0.6 is 0 Å². The minimum atomic E-state index is -4.32. The van der Waals surface area contributed by atoms with E-state index in [0.29, 0.717) is 18.7 Å². The van der Waals surface area contributed by atoms with Crippen LogP contribution in [0.3, 0.4) is 0 Å². The number of amides is 1. The number of benzene rings is 1. The summed E-state index contributed by atoms with van der Waals surface area (Å²) < 4.78 is 37.2. The molecule has 1 saturated carbocycles. The lowest BCUT2D eigenvalue weighted by Gasteiger charge is -2.19. The molecule has 3 rings (SSSR count). The number of nitrogens with zero attached hydrogens (tertiary/aromatic N) is 1. The van der Waals surface area contributed by atoms with E-state index in [-0.39, 0.29) is 23.8 Å². The first-order valence-corrected chi connectivity index (χ1v) is 6.08. The first-order valence-electron chi connectivity index (χ1n) is 6.08. The quantitative estimate of drug-likeness (QED) is 0.887. The zero-order chi connectivity index (χ0) is 13.8. The molecule has 1 amide bonds. The van der Waals surface area contributed by atoms with Crippen LogP contribution in [0.5, 0.6) is 0 Å². The molecule has 102 valence electrons. The van der Waals surface area contributed by atoms with Gasteiger partial charge in [0.25, 0.3) is 0 Å². The maximum atomic E-state index is 12.4. The summed E-state index contributed by atoms with van der Waals surface area (Å²) >= 11 is 0. The summed E-state index contributed by atoms with van der Waals surface area (Å²) in [7, 11) is 0. The number of carbonyl (C=O) groups excluding carboxylic acids is 1. The number of nitrogens with two attached hydrogens (primary N) is 1. The van der Waals surface area contributed by atoms with E-state index >= 15 is 0 Å². The molecule has 1 aliphatic carbocycles. The van der Waals surface area contributed by atoms with Crippen molar-refractivity contribution >= 4 is 5.91 Å². The number of hydrogen-bond acceptors (Lipinski definition) is 2. The Morgan fingerprint density at radius 1 is 1.26 bits per heavy atom. The fourth-order valence-electron chi connectivity index (χ4n) is 2.70. The van der Waals surface area contributed by atoms with Gasteiger partial charge < -0.3 is 10.6 Å². The van der Waals surface area contributed by atoms with Crippen molar-refractivity contribution in [3.05, 3.63) is 35.4 Å². The largest absolute Gasteiger partial charge is 0.416 e. The van der Waals surface area contributed by atoms with Crippen molar-refractivity contribution in [2.24, 2.45) is 17.6 Å². The number of carbonyl (C=O) groups is 1. The predicted molar refractivity (Wildman–Crippen MR) is 61.8 cm³/mol. The summed E-state index contributed by atoms with van der Waals surface area (Å²) in [6, 6.07) is 4.90. The first kappa shape index (κ1) is 12.5. The SMILES string of the molecule is NC1C2CN(Cc3ccc(C(F)(F)F)cc3)C(=O)C12. The Labute approximate surface area is 108 Å². The van der Waals surface area contributed by atoms with Crippen LogP contribution in [0, 0.1) is 11.8 Å². The van der Waals surface area contributed by atoms with Crippen LogP contribution in [0.2, 0.25) is 0 Å². The number of fused-ring (bicyclic) bond motifs is 1. The molecule has 0 spiro atoms. The van der Waals surface area contributed by atoms with E-state index in [4.69, 9.17) is 5.73 Å². The van der Waals surface area contributed by atoms with E-state index < -0.39 is 11.7 Å². The maximum Gasteiger partial charge on any atom is 0.416 e. The molecule has 1 aliphatic heterocycles. The maximum absolute atomic E-state index is 12.4. The second-order valence-corrected chi connectivity index (χ2v) is 5.18. The van der Waals surface area contributed by atoms with Crippen molar-refractivity contribution in [1.29, 1.82) is 0 Å². The second kappa shape index (κ2) is 3.96. The van der Waals surface area contributed by atoms with Crippen molar-refractivity contribution in [3.63, 3.8) is 0 Å².